The van der Waals surface area contributed by atoms with Gasteiger partial charge in [0, 0.05) is 12.8 Å². The highest BCUT2D eigenvalue weighted by Gasteiger charge is 2.59. The van der Waals surface area contributed by atoms with E-state index in [0.717, 1.165) is 61.2 Å². The van der Waals surface area contributed by atoms with Crippen LogP contribution >= 0.6 is 0 Å². The van der Waals surface area contributed by atoms with Gasteiger partial charge in [-0.1, -0.05) is 91.7 Å². The predicted octanol–water partition coefficient (Wildman–Crippen LogP) is 9.91. The fourth-order valence-electron chi connectivity index (χ4n) is 9.69. The molecule has 2 heteroatoms. The van der Waals surface area contributed by atoms with Crippen LogP contribution in [0.2, 0.25) is 0 Å². The van der Waals surface area contributed by atoms with Crippen LogP contribution in [0.1, 0.15) is 144 Å². The minimum atomic E-state index is 0.0435. The summed E-state index contributed by atoms with van der Waals surface area (Å²) in [5, 5.41) is 0. The minimum absolute atomic E-state index is 0.0435. The smallest absolute Gasteiger partial charge is 0.306 e. The van der Waals surface area contributed by atoms with E-state index in [1.54, 1.807) is 5.57 Å². The Bertz CT molecular complexity index is 767. The molecule has 0 radical (unpaired) electrons. The Morgan fingerprint density at radius 3 is 2.53 bits per heavy atom. The lowest BCUT2D eigenvalue weighted by atomic mass is 9.47. The van der Waals surface area contributed by atoms with E-state index in [-0.39, 0.29) is 12.1 Å². The molecular weight excluding hydrogens is 440 g/mol. The van der Waals surface area contributed by atoms with Crippen molar-refractivity contribution in [2.45, 2.75) is 150 Å². The van der Waals surface area contributed by atoms with Crippen molar-refractivity contribution in [3.05, 3.63) is 11.6 Å². The monoisotopic (exact) mass is 498 g/mol. The Kier molecular flexibility index (Phi) is 9.36. The number of unbranched alkanes of at least 4 members (excludes halogenated alkanes) is 3. The second-order valence-electron chi connectivity index (χ2n) is 14.5. The van der Waals surface area contributed by atoms with Crippen LogP contribution in [0.25, 0.3) is 0 Å². The zero-order valence-corrected chi connectivity index (χ0v) is 24.7. The number of ether oxygens (including phenoxy) is 1. The van der Waals surface area contributed by atoms with Crippen molar-refractivity contribution in [1.82, 2.24) is 0 Å². The maximum atomic E-state index is 12.4. The lowest BCUT2D eigenvalue weighted by molar-refractivity contribution is -0.151. The highest BCUT2D eigenvalue weighted by atomic mass is 16.5. The van der Waals surface area contributed by atoms with Crippen molar-refractivity contribution in [3.8, 4) is 0 Å². The quantitative estimate of drug-likeness (QED) is 0.161. The summed E-state index contributed by atoms with van der Waals surface area (Å²) in [6, 6.07) is 0. The van der Waals surface area contributed by atoms with Gasteiger partial charge in [0.05, 0.1) is 0 Å². The average molecular weight is 499 g/mol. The van der Waals surface area contributed by atoms with Gasteiger partial charge < -0.3 is 4.74 Å². The van der Waals surface area contributed by atoms with Crippen molar-refractivity contribution in [3.63, 3.8) is 0 Å². The molecule has 0 N–H and O–H groups in total. The lowest BCUT2D eigenvalue weighted by Crippen LogP contribution is -2.51. The average Bonchev–Trinajstić information content (AvgIpc) is 3.19. The molecule has 4 aliphatic rings. The SMILES string of the molecule is CCCCCCC(=O)O[C@H]1CC[C@@]2(C)C(=CCC3C4CCC(C(C)CCCC(C)C)[C@@]4(C)CCC32)C1. The molecule has 0 amide bonds. The summed E-state index contributed by atoms with van der Waals surface area (Å²) < 4.78 is 5.99. The normalized spacial score (nSPS) is 38.6. The summed E-state index contributed by atoms with van der Waals surface area (Å²) in [5.41, 5.74) is 2.54. The van der Waals surface area contributed by atoms with Gasteiger partial charge in [-0.05, 0) is 97.7 Å². The molecule has 0 aromatic heterocycles. The number of hydrogen-bond acceptors (Lipinski definition) is 2. The van der Waals surface area contributed by atoms with Crippen molar-refractivity contribution in [2.24, 2.45) is 46.3 Å². The Balaban J connectivity index is 1.36. The zero-order valence-electron chi connectivity index (χ0n) is 24.7. The molecule has 2 nitrogen and oxygen atoms in total. The number of rotatable bonds is 11. The number of carbonyl (C=O) groups is 1. The Morgan fingerprint density at radius 2 is 1.78 bits per heavy atom. The van der Waals surface area contributed by atoms with Crippen LogP contribution in [-0.4, -0.2) is 12.1 Å². The van der Waals surface area contributed by atoms with E-state index >= 15 is 0 Å². The third-order valence-corrected chi connectivity index (χ3v) is 11.8. The molecular formula is C34H58O2. The van der Waals surface area contributed by atoms with E-state index in [1.807, 2.05) is 0 Å². The number of fused-ring (bicyclic) bond motifs is 5. The van der Waals surface area contributed by atoms with Gasteiger partial charge in [-0.25, -0.2) is 0 Å². The summed E-state index contributed by atoms with van der Waals surface area (Å²) in [6.45, 7) is 14.8. The molecule has 8 atom stereocenters. The molecule has 3 saturated carbocycles. The van der Waals surface area contributed by atoms with Crippen molar-refractivity contribution in [2.75, 3.05) is 0 Å². The highest BCUT2D eigenvalue weighted by molar-refractivity contribution is 5.69. The number of hydrogen-bond donors (Lipinski definition) is 0. The molecule has 206 valence electrons. The molecule has 4 rings (SSSR count). The molecule has 0 saturated heterocycles. The fraction of sp³-hybridized carbons (Fsp3) is 0.912. The van der Waals surface area contributed by atoms with Crippen LogP contribution in [0.5, 0.6) is 0 Å². The lowest BCUT2D eigenvalue weighted by Gasteiger charge is -2.58. The second-order valence-corrected chi connectivity index (χ2v) is 14.5. The third-order valence-electron chi connectivity index (χ3n) is 11.8. The van der Waals surface area contributed by atoms with Crippen LogP contribution in [0, 0.1) is 46.3 Å². The van der Waals surface area contributed by atoms with Crippen LogP contribution in [0.15, 0.2) is 11.6 Å². The van der Waals surface area contributed by atoms with Crippen LogP contribution in [-0.2, 0) is 9.53 Å². The molecule has 36 heavy (non-hydrogen) atoms. The first-order valence-corrected chi connectivity index (χ1v) is 16.1. The van der Waals surface area contributed by atoms with E-state index in [0.29, 0.717) is 17.3 Å². The Hall–Kier alpha value is -0.790. The second kappa shape index (κ2) is 11.9. The minimum Gasteiger partial charge on any atom is -0.462 e. The van der Waals surface area contributed by atoms with Crippen molar-refractivity contribution >= 4 is 5.97 Å². The van der Waals surface area contributed by atoms with E-state index in [9.17, 15) is 4.79 Å². The van der Waals surface area contributed by atoms with Gasteiger partial charge in [0.25, 0.3) is 0 Å². The van der Waals surface area contributed by atoms with Gasteiger partial charge >= 0.3 is 5.97 Å². The molecule has 0 bridgehead atoms. The maximum absolute atomic E-state index is 12.4. The summed E-state index contributed by atoms with van der Waals surface area (Å²) in [7, 11) is 0. The highest BCUT2D eigenvalue weighted by Crippen LogP contribution is 2.67. The number of allylic oxidation sites excluding steroid dienone is 1. The van der Waals surface area contributed by atoms with Gasteiger partial charge in [0.1, 0.15) is 6.10 Å². The molecule has 0 spiro atoms. The topological polar surface area (TPSA) is 26.3 Å². The van der Waals surface area contributed by atoms with E-state index in [1.165, 1.54) is 70.6 Å². The maximum Gasteiger partial charge on any atom is 0.306 e. The molecule has 5 unspecified atom stereocenters. The van der Waals surface area contributed by atoms with Crippen molar-refractivity contribution in [1.29, 1.82) is 0 Å². The van der Waals surface area contributed by atoms with E-state index < -0.39 is 0 Å². The molecule has 0 heterocycles. The van der Waals surface area contributed by atoms with Crippen LogP contribution in [0.3, 0.4) is 0 Å². The standard InChI is InChI=1S/C34H58O2/c1-7-8-9-10-14-32(35)36-27-19-21-33(5)26(23-27)15-16-28-30-18-17-29(25(4)13-11-12-24(2)3)34(30,6)22-20-31(28)33/h15,24-25,27-31H,7-14,16-23H2,1-6H3/t25?,27-,28?,29?,30?,31?,33-,34+/m0/s1. The summed E-state index contributed by atoms with van der Waals surface area (Å²) in [4.78, 5) is 12.4. The van der Waals surface area contributed by atoms with Gasteiger partial charge in [0.15, 0.2) is 0 Å². The summed E-state index contributed by atoms with van der Waals surface area (Å²) in [6.07, 6.45) is 22.5. The van der Waals surface area contributed by atoms with E-state index in [4.69, 9.17) is 4.74 Å². The van der Waals surface area contributed by atoms with E-state index in [2.05, 4.69) is 47.6 Å². The zero-order chi connectivity index (χ0) is 25.9. The van der Waals surface area contributed by atoms with Gasteiger partial charge in [-0.15, -0.1) is 0 Å². The largest absolute Gasteiger partial charge is 0.462 e. The van der Waals surface area contributed by atoms with Crippen LogP contribution in [0.4, 0.5) is 0 Å². The molecule has 3 fully saturated rings. The van der Waals surface area contributed by atoms with Gasteiger partial charge in [0.2, 0.25) is 0 Å². The first-order chi connectivity index (χ1) is 17.2. The van der Waals surface area contributed by atoms with Gasteiger partial charge in [-0.3, -0.25) is 4.79 Å². The first-order valence-electron chi connectivity index (χ1n) is 16.1. The predicted molar refractivity (Wildman–Crippen MR) is 152 cm³/mol. The Labute approximate surface area is 223 Å². The molecule has 0 aromatic rings. The van der Waals surface area contributed by atoms with Crippen molar-refractivity contribution < 1.29 is 9.53 Å². The third kappa shape index (κ3) is 5.78. The van der Waals surface area contributed by atoms with Crippen LogP contribution < -0.4 is 0 Å². The number of carbonyl (C=O) groups excluding carboxylic acids is 1. The number of esters is 1. The molecule has 0 aliphatic heterocycles. The first kappa shape index (κ1) is 28.2. The Morgan fingerprint density at radius 1 is 0.972 bits per heavy atom. The summed E-state index contributed by atoms with van der Waals surface area (Å²) >= 11 is 0. The summed E-state index contributed by atoms with van der Waals surface area (Å²) in [5.74, 6) is 5.34. The fourth-order valence-corrected chi connectivity index (χ4v) is 9.69. The molecule has 0 aromatic carbocycles. The van der Waals surface area contributed by atoms with Gasteiger partial charge in [-0.2, -0.15) is 0 Å². The molecule has 4 aliphatic carbocycles.